The molecule has 7 nitrogen and oxygen atoms in total. The number of sulfonamides is 1. The van der Waals surface area contributed by atoms with Gasteiger partial charge >= 0.3 is 5.97 Å². The fourth-order valence-corrected chi connectivity index (χ4v) is 3.66. The molecule has 3 N–H and O–H groups in total. The number of hydrogen-bond acceptors (Lipinski definition) is 4. The first-order chi connectivity index (χ1) is 11.3. The molecule has 2 rings (SSSR count). The molecule has 1 aromatic carbocycles. The Kier molecular flexibility index (Phi) is 5.89. The number of aromatic carboxylic acids is 1. The number of hydrogen-bond donors (Lipinski definition) is 3. The van der Waals surface area contributed by atoms with Crippen LogP contribution in [0.1, 0.15) is 42.5 Å². The van der Waals surface area contributed by atoms with Crippen LogP contribution in [0.15, 0.2) is 23.1 Å². The maximum absolute atomic E-state index is 13.8. The third-order valence-corrected chi connectivity index (χ3v) is 5.30. The van der Waals surface area contributed by atoms with Crippen molar-refractivity contribution in [2.75, 3.05) is 6.54 Å². The van der Waals surface area contributed by atoms with Gasteiger partial charge in [-0.2, -0.15) is 0 Å². The van der Waals surface area contributed by atoms with Gasteiger partial charge in [0, 0.05) is 6.04 Å². The Balaban J connectivity index is 1.98. The van der Waals surface area contributed by atoms with Crippen LogP contribution in [-0.4, -0.2) is 38.0 Å². The average molecular weight is 358 g/mol. The van der Waals surface area contributed by atoms with Gasteiger partial charge in [0.05, 0.1) is 12.1 Å². The summed E-state index contributed by atoms with van der Waals surface area (Å²) in [5.41, 5.74) is -0.360. The van der Waals surface area contributed by atoms with Crippen LogP contribution in [0.4, 0.5) is 4.39 Å². The van der Waals surface area contributed by atoms with E-state index < -0.39 is 39.2 Å². The van der Waals surface area contributed by atoms with Crippen molar-refractivity contribution < 1.29 is 27.5 Å². The van der Waals surface area contributed by atoms with Crippen molar-refractivity contribution in [1.29, 1.82) is 0 Å². The predicted molar refractivity (Wildman–Crippen MR) is 83.6 cm³/mol. The minimum absolute atomic E-state index is 0.0438. The molecule has 24 heavy (non-hydrogen) atoms. The minimum atomic E-state index is -4.25. The zero-order valence-electron chi connectivity index (χ0n) is 12.9. The molecule has 0 saturated heterocycles. The molecule has 1 fully saturated rings. The van der Waals surface area contributed by atoms with Gasteiger partial charge in [-0.05, 0) is 31.0 Å². The van der Waals surface area contributed by atoms with E-state index >= 15 is 0 Å². The first-order valence-corrected chi connectivity index (χ1v) is 9.10. The van der Waals surface area contributed by atoms with Gasteiger partial charge < -0.3 is 10.4 Å². The quantitative estimate of drug-likeness (QED) is 0.708. The lowest BCUT2D eigenvalue weighted by atomic mass is 9.95. The number of carbonyl (C=O) groups is 2. The van der Waals surface area contributed by atoms with Crippen molar-refractivity contribution in [2.45, 2.75) is 43.0 Å². The molecule has 1 amide bonds. The standard InChI is InChI=1S/C15H19FN2O5S/c16-12-8-10(15(20)21)6-7-13(12)24(22,23)17-9-14(19)18-11-4-2-1-3-5-11/h6-8,11,17H,1-5,9H2,(H,18,19)(H,20,21). The molecule has 0 spiro atoms. The topological polar surface area (TPSA) is 113 Å². The summed E-state index contributed by atoms with van der Waals surface area (Å²) >= 11 is 0. The van der Waals surface area contributed by atoms with E-state index in [-0.39, 0.29) is 11.6 Å². The van der Waals surface area contributed by atoms with Crippen LogP contribution >= 0.6 is 0 Å². The highest BCUT2D eigenvalue weighted by Gasteiger charge is 2.22. The maximum Gasteiger partial charge on any atom is 0.335 e. The van der Waals surface area contributed by atoms with Crippen LogP contribution in [0.2, 0.25) is 0 Å². The van der Waals surface area contributed by atoms with Gasteiger partial charge in [0.1, 0.15) is 10.7 Å². The van der Waals surface area contributed by atoms with Crippen molar-refractivity contribution in [3.05, 3.63) is 29.6 Å². The third kappa shape index (κ3) is 4.75. The summed E-state index contributed by atoms with van der Waals surface area (Å²) in [5.74, 6) is -3.03. The molecular weight excluding hydrogens is 339 g/mol. The van der Waals surface area contributed by atoms with Gasteiger partial charge in [-0.3, -0.25) is 4.79 Å². The van der Waals surface area contributed by atoms with Gasteiger partial charge in [-0.25, -0.2) is 22.3 Å². The second kappa shape index (κ2) is 7.71. The summed E-state index contributed by atoms with van der Waals surface area (Å²) in [6, 6.07) is 2.52. The van der Waals surface area contributed by atoms with Gasteiger partial charge in [0.2, 0.25) is 15.9 Å². The average Bonchev–Trinajstić information content (AvgIpc) is 2.53. The summed E-state index contributed by atoms with van der Waals surface area (Å²) < 4.78 is 40.0. The molecule has 1 aliphatic rings. The largest absolute Gasteiger partial charge is 0.478 e. The van der Waals surface area contributed by atoms with E-state index in [2.05, 4.69) is 5.32 Å². The molecule has 0 bridgehead atoms. The number of benzene rings is 1. The molecule has 0 heterocycles. The predicted octanol–water partition coefficient (Wildman–Crippen LogP) is 1.25. The minimum Gasteiger partial charge on any atom is -0.478 e. The summed E-state index contributed by atoms with van der Waals surface area (Å²) in [5, 5.41) is 11.5. The lowest BCUT2D eigenvalue weighted by Gasteiger charge is -2.22. The second-order valence-electron chi connectivity index (χ2n) is 5.68. The molecule has 0 aromatic heterocycles. The fraction of sp³-hybridized carbons (Fsp3) is 0.467. The van der Waals surface area contributed by atoms with E-state index in [1.165, 1.54) is 0 Å². The maximum atomic E-state index is 13.8. The van der Waals surface area contributed by atoms with Crippen LogP contribution < -0.4 is 10.0 Å². The van der Waals surface area contributed by atoms with Gasteiger partial charge in [-0.1, -0.05) is 19.3 Å². The smallest absolute Gasteiger partial charge is 0.335 e. The summed E-state index contributed by atoms with van der Waals surface area (Å²) in [6.07, 6.45) is 4.91. The lowest BCUT2D eigenvalue weighted by molar-refractivity contribution is -0.120. The van der Waals surface area contributed by atoms with Gasteiger partial charge in [0.25, 0.3) is 0 Å². The highest BCUT2D eigenvalue weighted by molar-refractivity contribution is 7.89. The van der Waals surface area contributed by atoms with Crippen LogP contribution in [0.3, 0.4) is 0 Å². The Morgan fingerprint density at radius 2 is 1.88 bits per heavy atom. The number of carboxylic acid groups (broad SMARTS) is 1. The molecular formula is C15H19FN2O5S. The van der Waals surface area contributed by atoms with E-state index in [1.807, 2.05) is 4.72 Å². The monoisotopic (exact) mass is 358 g/mol. The molecule has 1 aromatic rings. The molecule has 9 heteroatoms. The van der Waals surface area contributed by atoms with Crippen LogP contribution in [0.25, 0.3) is 0 Å². The Hall–Kier alpha value is -2.00. The zero-order valence-corrected chi connectivity index (χ0v) is 13.7. The molecule has 1 saturated carbocycles. The number of amides is 1. The Morgan fingerprint density at radius 3 is 2.46 bits per heavy atom. The number of carbonyl (C=O) groups excluding carboxylic acids is 1. The molecule has 1 aliphatic carbocycles. The van der Waals surface area contributed by atoms with Crippen molar-refractivity contribution in [3.63, 3.8) is 0 Å². The summed E-state index contributed by atoms with van der Waals surface area (Å²) in [4.78, 5) is 21.8. The van der Waals surface area contributed by atoms with E-state index in [4.69, 9.17) is 5.11 Å². The SMILES string of the molecule is O=C(CNS(=O)(=O)c1ccc(C(=O)O)cc1F)NC1CCCCC1. The van der Waals surface area contributed by atoms with Crippen LogP contribution in [0, 0.1) is 5.82 Å². The molecule has 0 atom stereocenters. The molecule has 0 unspecified atom stereocenters. The normalized spacial score (nSPS) is 15.9. The Labute approximate surface area is 139 Å². The van der Waals surface area contributed by atoms with Crippen LogP contribution in [0.5, 0.6) is 0 Å². The molecule has 132 valence electrons. The van der Waals surface area contributed by atoms with Crippen molar-refractivity contribution >= 4 is 21.9 Å². The second-order valence-corrected chi connectivity index (χ2v) is 7.41. The third-order valence-electron chi connectivity index (χ3n) is 3.86. The number of rotatable bonds is 6. The highest BCUT2D eigenvalue weighted by Crippen LogP contribution is 2.18. The summed E-state index contributed by atoms with van der Waals surface area (Å²) in [7, 11) is -4.25. The molecule has 0 aliphatic heterocycles. The zero-order chi connectivity index (χ0) is 17.7. The fourth-order valence-electron chi connectivity index (χ4n) is 2.62. The summed E-state index contributed by atoms with van der Waals surface area (Å²) in [6.45, 7) is -0.501. The first-order valence-electron chi connectivity index (χ1n) is 7.61. The highest BCUT2D eigenvalue weighted by atomic mass is 32.2. The number of carboxylic acids is 1. The number of halogens is 1. The lowest BCUT2D eigenvalue weighted by Crippen LogP contribution is -2.42. The van der Waals surface area contributed by atoms with Crippen LogP contribution in [-0.2, 0) is 14.8 Å². The molecule has 0 radical (unpaired) electrons. The first kappa shape index (κ1) is 18.3. The number of nitrogens with one attached hydrogen (secondary N) is 2. The van der Waals surface area contributed by atoms with Crippen molar-refractivity contribution in [2.24, 2.45) is 0 Å². The van der Waals surface area contributed by atoms with Gasteiger partial charge in [0.15, 0.2) is 0 Å². The Bertz CT molecular complexity index is 729. The van der Waals surface area contributed by atoms with Gasteiger partial charge in [-0.15, -0.1) is 0 Å². The van der Waals surface area contributed by atoms with E-state index in [0.29, 0.717) is 6.07 Å². The van der Waals surface area contributed by atoms with E-state index in [1.54, 1.807) is 0 Å². The van der Waals surface area contributed by atoms with Crippen molar-refractivity contribution in [3.8, 4) is 0 Å². The van der Waals surface area contributed by atoms with Crippen molar-refractivity contribution in [1.82, 2.24) is 10.0 Å². The van der Waals surface area contributed by atoms with E-state index in [9.17, 15) is 22.4 Å². The van der Waals surface area contributed by atoms with E-state index in [0.717, 1.165) is 44.2 Å². The Morgan fingerprint density at radius 1 is 1.21 bits per heavy atom.